The van der Waals surface area contributed by atoms with Gasteiger partial charge in [-0.15, -0.1) is 0 Å². The zero-order chi connectivity index (χ0) is 14.7. The maximum atomic E-state index is 7.74. The average Bonchev–Trinajstić information content (AvgIpc) is 2.53. The number of hydrogen-bond acceptors (Lipinski definition) is 3. The molecule has 0 radical (unpaired) electrons. The Hall–Kier alpha value is -2.10. The van der Waals surface area contributed by atoms with E-state index in [9.17, 15) is 0 Å². The van der Waals surface area contributed by atoms with Crippen LogP contribution in [0.5, 0.6) is 5.88 Å². The van der Waals surface area contributed by atoms with E-state index in [-0.39, 0.29) is 5.84 Å². The number of nitrogens with zero attached hydrogens (tertiary/aromatic N) is 1. The quantitative estimate of drug-likeness (QED) is 0.666. The van der Waals surface area contributed by atoms with Crippen molar-refractivity contribution in [1.82, 2.24) is 4.98 Å². The van der Waals surface area contributed by atoms with E-state index in [2.05, 4.69) is 4.98 Å². The summed E-state index contributed by atoms with van der Waals surface area (Å²) in [6.07, 6.45) is 6.44. The maximum Gasteiger partial charge on any atom is 0.214 e. The summed E-state index contributed by atoms with van der Waals surface area (Å²) in [7, 11) is 0. The summed E-state index contributed by atoms with van der Waals surface area (Å²) >= 11 is 0. The first-order chi connectivity index (χ1) is 10.2. The molecule has 1 saturated carbocycles. The predicted octanol–water partition coefficient (Wildman–Crippen LogP) is 3.48. The predicted molar refractivity (Wildman–Crippen MR) is 84.8 cm³/mol. The molecule has 1 heterocycles. The van der Waals surface area contributed by atoms with E-state index in [1.165, 1.54) is 32.1 Å². The van der Waals surface area contributed by atoms with Crippen molar-refractivity contribution in [1.29, 1.82) is 5.41 Å². The van der Waals surface area contributed by atoms with Gasteiger partial charge >= 0.3 is 0 Å². The summed E-state index contributed by atoms with van der Waals surface area (Å²) in [5, 5.41) is 8.63. The Labute approximate surface area is 124 Å². The van der Waals surface area contributed by atoms with Gasteiger partial charge in [0.2, 0.25) is 5.88 Å². The van der Waals surface area contributed by atoms with Gasteiger partial charge in [0.1, 0.15) is 5.84 Å². The van der Waals surface area contributed by atoms with Crippen LogP contribution in [0.3, 0.4) is 0 Å². The molecule has 4 heteroatoms. The molecule has 0 aliphatic heterocycles. The molecular weight excluding hydrogens is 262 g/mol. The van der Waals surface area contributed by atoms with Gasteiger partial charge in [-0.1, -0.05) is 37.5 Å². The Morgan fingerprint density at radius 2 is 2.00 bits per heavy atom. The van der Waals surface area contributed by atoms with Crippen LogP contribution in [0.25, 0.3) is 10.9 Å². The number of nitrogens with two attached hydrogens (primary N) is 1. The Kier molecular flexibility index (Phi) is 4.04. The van der Waals surface area contributed by atoms with Gasteiger partial charge in [-0.05, 0) is 24.8 Å². The number of fused-ring (bicyclic) bond motifs is 1. The molecule has 2 aromatic rings. The van der Waals surface area contributed by atoms with Gasteiger partial charge < -0.3 is 10.5 Å². The third kappa shape index (κ3) is 3.15. The molecule has 110 valence electrons. The van der Waals surface area contributed by atoms with Crippen LogP contribution in [-0.2, 0) is 0 Å². The summed E-state index contributed by atoms with van der Waals surface area (Å²) < 4.78 is 5.88. The summed E-state index contributed by atoms with van der Waals surface area (Å²) in [6.45, 7) is 0.711. The molecule has 3 N–H and O–H groups in total. The molecule has 1 aliphatic rings. The van der Waals surface area contributed by atoms with Crippen molar-refractivity contribution in [2.75, 3.05) is 6.61 Å². The van der Waals surface area contributed by atoms with Gasteiger partial charge in [0.25, 0.3) is 0 Å². The lowest BCUT2D eigenvalue weighted by Gasteiger charge is -2.21. The molecule has 3 rings (SSSR count). The van der Waals surface area contributed by atoms with Crippen molar-refractivity contribution >= 4 is 16.7 Å². The highest BCUT2D eigenvalue weighted by Crippen LogP contribution is 2.26. The van der Waals surface area contributed by atoms with E-state index in [1.807, 2.05) is 24.3 Å². The Morgan fingerprint density at radius 3 is 2.76 bits per heavy atom. The van der Waals surface area contributed by atoms with Crippen LogP contribution in [0.15, 0.2) is 30.3 Å². The molecule has 0 saturated heterocycles. The lowest BCUT2D eigenvalue weighted by atomic mass is 9.90. The molecule has 0 atom stereocenters. The molecule has 21 heavy (non-hydrogen) atoms. The van der Waals surface area contributed by atoms with Crippen LogP contribution in [0.4, 0.5) is 0 Å². The topological polar surface area (TPSA) is 72.0 Å². The van der Waals surface area contributed by atoms with Crippen LogP contribution in [0, 0.1) is 11.3 Å². The van der Waals surface area contributed by atoms with E-state index >= 15 is 0 Å². The second kappa shape index (κ2) is 6.12. The Bertz CT molecular complexity index is 648. The van der Waals surface area contributed by atoms with Crippen LogP contribution in [-0.4, -0.2) is 17.4 Å². The van der Waals surface area contributed by atoms with Crippen LogP contribution < -0.4 is 10.5 Å². The second-order valence-electron chi connectivity index (χ2n) is 5.75. The minimum atomic E-state index is 0.0520. The van der Waals surface area contributed by atoms with Crippen molar-refractivity contribution in [3.63, 3.8) is 0 Å². The third-order valence-electron chi connectivity index (χ3n) is 4.17. The van der Waals surface area contributed by atoms with Gasteiger partial charge in [-0.3, -0.25) is 5.41 Å². The van der Waals surface area contributed by atoms with Crippen molar-refractivity contribution in [2.45, 2.75) is 32.1 Å². The van der Waals surface area contributed by atoms with Crippen molar-refractivity contribution in [3.05, 3.63) is 35.9 Å². The number of ether oxygens (including phenoxy) is 1. The lowest BCUT2D eigenvalue weighted by molar-refractivity contribution is 0.203. The maximum absolute atomic E-state index is 7.74. The van der Waals surface area contributed by atoms with Crippen molar-refractivity contribution in [3.8, 4) is 5.88 Å². The summed E-state index contributed by atoms with van der Waals surface area (Å²) in [4.78, 5) is 4.53. The van der Waals surface area contributed by atoms with Crippen molar-refractivity contribution < 1.29 is 4.74 Å². The number of nitrogen functional groups attached to an aromatic ring is 1. The van der Waals surface area contributed by atoms with Gasteiger partial charge in [0.15, 0.2) is 0 Å². The molecule has 1 aliphatic carbocycles. The monoisotopic (exact) mass is 283 g/mol. The van der Waals surface area contributed by atoms with E-state index < -0.39 is 0 Å². The summed E-state index contributed by atoms with van der Waals surface area (Å²) in [6, 6.07) is 9.51. The van der Waals surface area contributed by atoms with Crippen molar-refractivity contribution in [2.24, 2.45) is 11.7 Å². The highest BCUT2D eigenvalue weighted by Gasteiger charge is 2.15. The fraction of sp³-hybridized carbons (Fsp3) is 0.412. The minimum absolute atomic E-state index is 0.0520. The Balaban J connectivity index is 1.83. The highest BCUT2D eigenvalue weighted by molar-refractivity contribution is 6.06. The molecule has 0 bridgehead atoms. The van der Waals surface area contributed by atoms with E-state index in [4.69, 9.17) is 15.9 Å². The smallest absolute Gasteiger partial charge is 0.214 e. The van der Waals surface area contributed by atoms with E-state index in [0.29, 0.717) is 24.0 Å². The second-order valence-corrected chi connectivity index (χ2v) is 5.75. The van der Waals surface area contributed by atoms with Gasteiger partial charge in [-0.2, -0.15) is 0 Å². The molecule has 1 aromatic carbocycles. The van der Waals surface area contributed by atoms with Gasteiger partial charge in [0, 0.05) is 17.0 Å². The normalized spacial score (nSPS) is 16.0. The number of benzene rings is 1. The zero-order valence-corrected chi connectivity index (χ0v) is 12.1. The molecule has 0 unspecified atom stereocenters. The zero-order valence-electron chi connectivity index (χ0n) is 12.1. The Morgan fingerprint density at radius 1 is 1.24 bits per heavy atom. The number of pyridine rings is 1. The first-order valence-corrected chi connectivity index (χ1v) is 7.61. The lowest BCUT2D eigenvalue weighted by Crippen LogP contribution is -2.17. The first-order valence-electron chi connectivity index (χ1n) is 7.61. The minimum Gasteiger partial charge on any atom is -0.477 e. The third-order valence-corrected chi connectivity index (χ3v) is 4.17. The molecular formula is C17H21N3O. The molecule has 1 fully saturated rings. The standard InChI is InChI=1S/C17H21N3O/c18-17(19)14-10-16(20-15-9-5-4-8-13(14)15)21-11-12-6-2-1-3-7-12/h4-5,8-10,12H,1-3,6-7,11H2,(H3,18,19). The SMILES string of the molecule is N=C(N)c1cc(OCC2CCCCC2)nc2ccccc12. The highest BCUT2D eigenvalue weighted by atomic mass is 16.5. The number of para-hydroxylation sites is 1. The number of hydrogen-bond donors (Lipinski definition) is 2. The number of rotatable bonds is 4. The largest absolute Gasteiger partial charge is 0.477 e. The van der Waals surface area contributed by atoms with E-state index in [1.54, 1.807) is 6.07 Å². The van der Waals surface area contributed by atoms with Gasteiger partial charge in [0.05, 0.1) is 12.1 Å². The molecule has 0 amide bonds. The van der Waals surface area contributed by atoms with Crippen LogP contribution in [0.1, 0.15) is 37.7 Å². The number of amidine groups is 1. The molecule has 0 spiro atoms. The number of aromatic nitrogens is 1. The number of nitrogens with one attached hydrogen (secondary N) is 1. The van der Waals surface area contributed by atoms with Crippen LogP contribution in [0.2, 0.25) is 0 Å². The molecule has 1 aromatic heterocycles. The summed E-state index contributed by atoms with van der Waals surface area (Å²) in [5.41, 5.74) is 7.20. The van der Waals surface area contributed by atoms with Crippen LogP contribution >= 0.6 is 0 Å². The van der Waals surface area contributed by atoms with Gasteiger partial charge in [-0.25, -0.2) is 4.98 Å². The van der Waals surface area contributed by atoms with E-state index in [0.717, 1.165) is 10.9 Å². The average molecular weight is 283 g/mol. The summed E-state index contributed by atoms with van der Waals surface area (Å²) in [5.74, 6) is 1.26. The fourth-order valence-corrected chi connectivity index (χ4v) is 3.00. The fourth-order valence-electron chi connectivity index (χ4n) is 3.00. The first kappa shape index (κ1) is 13.9. The molecule has 4 nitrogen and oxygen atoms in total.